The maximum absolute atomic E-state index is 4.69. The van der Waals surface area contributed by atoms with Crippen molar-refractivity contribution in [2.75, 3.05) is 29.5 Å². The normalized spacial score (nSPS) is 15.2. The summed E-state index contributed by atoms with van der Waals surface area (Å²) in [6.45, 7) is 2.19. The third kappa shape index (κ3) is 2.55. The van der Waals surface area contributed by atoms with Crippen LogP contribution in [0.5, 0.6) is 0 Å². The van der Waals surface area contributed by atoms with Crippen molar-refractivity contribution in [2.24, 2.45) is 0 Å². The molecule has 3 nitrogen and oxygen atoms in total. The number of nitrogens with zero attached hydrogens (tertiary/aromatic N) is 3. The molecule has 1 aromatic carbocycles. The predicted molar refractivity (Wildman–Crippen MR) is 94.5 cm³/mol. The second-order valence-electron chi connectivity index (χ2n) is 5.41. The van der Waals surface area contributed by atoms with Gasteiger partial charge < -0.3 is 4.90 Å². The number of anilines is 1. The zero-order chi connectivity index (χ0) is 14.8. The molecule has 0 spiro atoms. The van der Waals surface area contributed by atoms with Crippen LogP contribution in [0.3, 0.4) is 0 Å². The van der Waals surface area contributed by atoms with Gasteiger partial charge >= 0.3 is 0 Å². The van der Waals surface area contributed by atoms with Crippen molar-refractivity contribution in [3.8, 4) is 11.1 Å². The van der Waals surface area contributed by atoms with E-state index in [4.69, 9.17) is 0 Å². The molecule has 0 aliphatic carbocycles. The van der Waals surface area contributed by atoms with Crippen molar-refractivity contribution in [2.45, 2.75) is 0 Å². The largest absolute Gasteiger partial charge is 0.355 e. The Morgan fingerprint density at radius 3 is 2.68 bits per heavy atom. The Kier molecular flexibility index (Phi) is 3.69. The van der Waals surface area contributed by atoms with Crippen molar-refractivity contribution in [1.82, 2.24) is 9.97 Å². The highest BCUT2D eigenvalue weighted by Crippen LogP contribution is 2.28. The molecule has 22 heavy (non-hydrogen) atoms. The smallest absolute Gasteiger partial charge is 0.128 e. The molecule has 1 aliphatic rings. The predicted octanol–water partition coefficient (Wildman–Crippen LogP) is 3.85. The van der Waals surface area contributed by atoms with Gasteiger partial charge in [-0.05, 0) is 29.1 Å². The van der Waals surface area contributed by atoms with Gasteiger partial charge in [0.15, 0.2) is 0 Å². The molecular formula is C18H17N3S. The second-order valence-corrected chi connectivity index (χ2v) is 6.63. The molecule has 3 aromatic rings. The Hall–Kier alpha value is -2.07. The Labute approximate surface area is 134 Å². The third-order valence-electron chi connectivity index (χ3n) is 4.07. The van der Waals surface area contributed by atoms with Gasteiger partial charge in [0.05, 0.1) is 0 Å². The highest BCUT2D eigenvalue weighted by atomic mass is 32.2. The Morgan fingerprint density at radius 2 is 1.86 bits per heavy atom. The summed E-state index contributed by atoms with van der Waals surface area (Å²) in [5, 5.41) is 2.39. The van der Waals surface area contributed by atoms with Crippen LogP contribution in [0.2, 0.25) is 0 Å². The molecule has 2 aromatic heterocycles. The lowest BCUT2D eigenvalue weighted by Gasteiger charge is -2.27. The van der Waals surface area contributed by atoms with Gasteiger partial charge in [0.2, 0.25) is 0 Å². The first-order valence-electron chi connectivity index (χ1n) is 7.54. The summed E-state index contributed by atoms with van der Waals surface area (Å²) in [6.07, 6.45) is 5.75. The molecule has 0 bridgehead atoms. The van der Waals surface area contributed by atoms with Crippen molar-refractivity contribution in [3.63, 3.8) is 0 Å². The maximum Gasteiger partial charge on any atom is 0.128 e. The zero-order valence-corrected chi connectivity index (χ0v) is 13.1. The standard InChI is InChI=1S/C18H17N3S/c1-2-14-12-19-7-6-17(14)16(3-1)15-4-5-18(20-13-15)21-8-10-22-11-9-21/h1-7,12-13H,8-11H2. The van der Waals surface area contributed by atoms with Crippen LogP contribution in [0, 0.1) is 0 Å². The fraction of sp³-hybridized carbons (Fsp3) is 0.222. The second kappa shape index (κ2) is 5.97. The van der Waals surface area contributed by atoms with E-state index in [1.165, 1.54) is 22.5 Å². The highest BCUT2D eigenvalue weighted by Gasteiger charge is 2.12. The quantitative estimate of drug-likeness (QED) is 0.719. The summed E-state index contributed by atoms with van der Waals surface area (Å²) in [6, 6.07) is 12.7. The van der Waals surface area contributed by atoms with E-state index in [0.29, 0.717) is 0 Å². The van der Waals surface area contributed by atoms with Gasteiger partial charge in [-0.3, -0.25) is 4.98 Å². The monoisotopic (exact) mass is 307 g/mol. The Morgan fingerprint density at radius 1 is 0.955 bits per heavy atom. The number of aromatic nitrogens is 2. The van der Waals surface area contributed by atoms with E-state index < -0.39 is 0 Å². The SMILES string of the molecule is c1cc(-c2ccc(N3CCSCC3)nc2)c2ccncc2c1. The zero-order valence-electron chi connectivity index (χ0n) is 12.3. The molecule has 110 valence electrons. The van der Waals surface area contributed by atoms with E-state index in [0.717, 1.165) is 29.9 Å². The number of rotatable bonds is 2. The molecule has 0 amide bonds. The number of pyridine rings is 2. The summed E-state index contributed by atoms with van der Waals surface area (Å²) in [4.78, 5) is 11.3. The van der Waals surface area contributed by atoms with Gasteiger partial charge in [-0.15, -0.1) is 0 Å². The average Bonchev–Trinajstić information content (AvgIpc) is 2.62. The number of benzene rings is 1. The first kappa shape index (κ1) is 13.6. The Balaban J connectivity index is 1.70. The molecule has 1 fully saturated rings. The van der Waals surface area contributed by atoms with Gasteiger partial charge in [0.25, 0.3) is 0 Å². The molecule has 0 radical (unpaired) electrons. The van der Waals surface area contributed by atoms with E-state index in [-0.39, 0.29) is 0 Å². The molecule has 4 rings (SSSR count). The molecule has 1 saturated heterocycles. The molecule has 4 heteroatoms. The minimum absolute atomic E-state index is 1.09. The van der Waals surface area contributed by atoms with Crippen molar-refractivity contribution >= 4 is 28.4 Å². The molecule has 0 N–H and O–H groups in total. The number of hydrogen-bond acceptors (Lipinski definition) is 4. The first-order chi connectivity index (χ1) is 10.9. The summed E-state index contributed by atoms with van der Waals surface area (Å²) in [5.74, 6) is 3.48. The van der Waals surface area contributed by atoms with Crippen LogP contribution in [0.15, 0.2) is 55.0 Å². The van der Waals surface area contributed by atoms with Gasteiger partial charge in [-0.25, -0.2) is 4.98 Å². The molecule has 3 heterocycles. The lowest BCUT2D eigenvalue weighted by molar-refractivity contribution is 0.840. The van der Waals surface area contributed by atoms with Crippen LogP contribution in [0.25, 0.3) is 21.9 Å². The fourth-order valence-electron chi connectivity index (χ4n) is 2.90. The average molecular weight is 307 g/mol. The summed E-state index contributed by atoms with van der Waals surface area (Å²) in [7, 11) is 0. The van der Waals surface area contributed by atoms with Crippen LogP contribution in [-0.4, -0.2) is 34.6 Å². The van der Waals surface area contributed by atoms with Crippen LogP contribution >= 0.6 is 11.8 Å². The van der Waals surface area contributed by atoms with Crippen molar-refractivity contribution in [1.29, 1.82) is 0 Å². The van der Waals surface area contributed by atoms with Crippen LogP contribution in [0.4, 0.5) is 5.82 Å². The minimum Gasteiger partial charge on any atom is -0.355 e. The van der Waals surface area contributed by atoms with Crippen molar-refractivity contribution < 1.29 is 0 Å². The van der Waals surface area contributed by atoms with Gasteiger partial charge in [-0.2, -0.15) is 11.8 Å². The molecule has 1 aliphatic heterocycles. The summed E-state index contributed by atoms with van der Waals surface area (Å²) in [5.41, 5.74) is 2.38. The lowest BCUT2D eigenvalue weighted by Crippen LogP contribution is -2.32. The van der Waals surface area contributed by atoms with Crippen molar-refractivity contribution in [3.05, 3.63) is 55.0 Å². The van der Waals surface area contributed by atoms with E-state index in [2.05, 4.69) is 51.3 Å². The minimum atomic E-state index is 1.09. The maximum atomic E-state index is 4.69. The van der Waals surface area contributed by atoms with E-state index in [1.807, 2.05) is 30.4 Å². The van der Waals surface area contributed by atoms with E-state index in [1.54, 1.807) is 0 Å². The first-order valence-corrected chi connectivity index (χ1v) is 8.69. The van der Waals surface area contributed by atoms with Gasteiger partial charge in [-0.1, -0.05) is 18.2 Å². The van der Waals surface area contributed by atoms with Crippen LogP contribution in [-0.2, 0) is 0 Å². The highest BCUT2D eigenvalue weighted by molar-refractivity contribution is 7.99. The lowest BCUT2D eigenvalue weighted by atomic mass is 10.0. The fourth-order valence-corrected chi connectivity index (χ4v) is 3.80. The topological polar surface area (TPSA) is 29.0 Å². The summed E-state index contributed by atoms with van der Waals surface area (Å²) >= 11 is 2.02. The molecule has 0 atom stereocenters. The van der Waals surface area contributed by atoms with Crippen LogP contribution in [0.1, 0.15) is 0 Å². The number of thioether (sulfide) groups is 1. The molecule has 0 saturated carbocycles. The molecular weight excluding hydrogens is 290 g/mol. The van der Waals surface area contributed by atoms with Crippen LogP contribution < -0.4 is 4.90 Å². The number of fused-ring (bicyclic) bond motifs is 1. The number of hydrogen-bond donors (Lipinski definition) is 0. The summed E-state index contributed by atoms with van der Waals surface area (Å²) < 4.78 is 0. The third-order valence-corrected chi connectivity index (χ3v) is 5.02. The van der Waals surface area contributed by atoms with E-state index in [9.17, 15) is 0 Å². The Bertz CT molecular complexity index is 774. The van der Waals surface area contributed by atoms with Gasteiger partial charge in [0, 0.05) is 54.1 Å². The molecule has 0 unspecified atom stereocenters. The van der Waals surface area contributed by atoms with Gasteiger partial charge in [0.1, 0.15) is 5.82 Å². The van der Waals surface area contributed by atoms with E-state index >= 15 is 0 Å².